The van der Waals surface area contributed by atoms with Gasteiger partial charge < -0.3 is 19.5 Å². The van der Waals surface area contributed by atoms with Crippen LogP contribution >= 0.6 is 15.9 Å². The van der Waals surface area contributed by atoms with E-state index >= 15 is 0 Å². The van der Waals surface area contributed by atoms with Gasteiger partial charge in [-0.15, -0.1) is 0 Å². The minimum atomic E-state index is -0.710. The van der Waals surface area contributed by atoms with Crippen molar-refractivity contribution in [1.29, 1.82) is 0 Å². The Labute approximate surface area is 212 Å². The highest BCUT2D eigenvalue weighted by molar-refractivity contribution is 9.10. The van der Waals surface area contributed by atoms with Gasteiger partial charge in [0, 0.05) is 30.3 Å². The second kappa shape index (κ2) is 11.3. The highest BCUT2D eigenvalue weighted by Crippen LogP contribution is 2.40. The van der Waals surface area contributed by atoms with E-state index in [1.54, 1.807) is 31.4 Å². The van der Waals surface area contributed by atoms with Crippen molar-refractivity contribution < 1.29 is 24.2 Å². The number of hydrogen-bond donors (Lipinski definition) is 1. The van der Waals surface area contributed by atoms with E-state index < -0.39 is 17.7 Å². The normalized spacial score (nSPS) is 17.1. The molecule has 1 aliphatic rings. The number of methoxy groups -OCH3 is 1. The minimum Gasteiger partial charge on any atom is -0.507 e. The van der Waals surface area contributed by atoms with E-state index in [0.29, 0.717) is 43.1 Å². The lowest BCUT2D eigenvalue weighted by Gasteiger charge is -2.25. The van der Waals surface area contributed by atoms with Crippen molar-refractivity contribution in [2.24, 2.45) is 0 Å². The molecule has 1 heterocycles. The van der Waals surface area contributed by atoms with Crippen molar-refractivity contribution in [2.45, 2.75) is 19.1 Å². The first-order valence-electron chi connectivity index (χ1n) is 11.3. The number of aliphatic hydroxyl groups excluding tert-OH is 1. The molecule has 6 nitrogen and oxygen atoms in total. The maximum atomic E-state index is 13.1. The summed E-state index contributed by atoms with van der Waals surface area (Å²) in [6.45, 7) is 1.21. The van der Waals surface area contributed by atoms with Crippen LogP contribution in [-0.4, -0.2) is 42.0 Å². The second-order valence-corrected chi connectivity index (χ2v) is 9.10. The quantitative estimate of drug-likeness (QED) is 0.170. The molecule has 1 amide bonds. The van der Waals surface area contributed by atoms with Gasteiger partial charge in [0.15, 0.2) is 0 Å². The number of hydrogen-bond acceptors (Lipinski definition) is 5. The van der Waals surface area contributed by atoms with Gasteiger partial charge in [0.1, 0.15) is 18.1 Å². The van der Waals surface area contributed by atoms with Gasteiger partial charge in [-0.05, 0) is 41.8 Å². The summed E-state index contributed by atoms with van der Waals surface area (Å²) in [6, 6.07) is 23.4. The fraction of sp³-hybridized carbons (Fsp3) is 0.214. The Hall–Kier alpha value is -3.42. The highest BCUT2D eigenvalue weighted by Gasteiger charge is 2.45. The molecule has 0 radical (unpaired) electrons. The van der Waals surface area contributed by atoms with Crippen molar-refractivity contribution in [3.63, 3.8) is 0 Å². The SMILES string of the molecule is COCCCN1C(=O)C(=O)/C(=C(\O)c2ccc(Br)cc2)C1c1ccc(OCc2ccccc2)cc1. The summed E-state index contributed by atoms with van der Waals surface area (Å²) >= 11 is 3.38. The summed E-state index contributed by atoms with van der Waals surface area (Å²) in [4.78, 5) is 27.5. The lowest BCUT2D eigenvalue weighted by Crippen LogP contribution is -2.31. The largest absolute Gasteiger partial charge is 0.507 e. The van der Waals surface area contributed by atoms with Gasteiger partial charge in [0.2, 0.25) is 0 Å². The summed E-state index contributed by atoms with van der Waals surface area (Å²) in [5.41, 5.74) is 2.31. The van der Waals surface area contributed by atoms with E-state index in [0.717, 1.165) is 10.0 Å². The van der Waals surface area contributed by atoms with Gasteiger partial charge in [0.25, 0.3) is 11.7 Å². The number of amides is 1. The fourth-order valence-corrected chi connectivity index (χ4v) is 4.35. The van der Waals surface area contributed by atoms with Crippen LogP contribution in [0, 0.1) is 0 Å². The van der Waals surface area contributed by atoms with Crippen molar-refractivity contribution in [2.75, 3.05) is 20.3 Å². The first-order valence-corrected chi connectivity index (χ1v) is 12.1. The minimum absolute atomic E-state index is 0.0766. The van der Waals surface area contributed by atoms with Crippen molar-refractivity contribution in [1.82, 2.24) is 4.90 Å². The topological polar surface area (TPSA) is 76.1 Å². The molecule has 1 atom stereocenters. The lowest BCUT2D eigenvalue weighted by molar-refractivity contribution is -0.140. The molecule has 1 saturated heterocycles. The number of rotatable bonds is 9. The van der Waals surface area contributed by atoms with Gasteiger partial charge in [-0.3, -0.25) is 9.59 Å². The monoisotopic (exact) mass is 535 g/mol. The maximum Gasteiger partial charge on any atom is 0.295 e. The zero-order valence-corrected chi connectivity index (χ0v) is 20.9. The number of nitrogens with zero attached hydrogens (tertiary/aromatic N) is 1. The summed E-state index contributed by atoms with van der Waals surface area (Å²) in [5.74, 6) is -0.854. The Morgan fingerprint density at radius 2 is 1.66 bits per heavy atom. The molecule has 1 unspecified atom stereocenters. The van der Waals surface area contributed by atoms with Crippen molar-refractivity contribution in [3.05, 3.63) is 106 Å². The zero-order valence-electron chi connectivity index (χ0n) is 19.3. The van der Waals surface area contributed by atoms with Gasteiger partial charge in [0.05, 0.1) is 11.6 Å². The van der Waals surface area contributed by atoms with Crippen molar-refractivity contribution in [3.8, 4) is 5.75 Å². The van der Waals surface area contributed by atoms with Crippen LogP contribution in [0.2, 0.25) is 0 Å². The standard InChI is InChI=1S/C28H26BrNO5/c1-34-17-5-16-30-25(20-10-14-23(15-11-20)35-18-19-6-3-2-4-7-19)24(27(32)28(30)33)26(31)21-8-12-22(29)13-9-21/h2-4,6-15,25,31H,5,16-18H2,1H3/b26-24-. The molecule has 3 aromatic rings. The molecule has 0 saturated carbocycles. The third kappa shape index (κ3) is 5.63. The molecular weight excluding hydrogens is 510 g/mol. The first kappa shape index (κ1) is 24.7. The van der Waals surface area contributed by atoms with E-state index in [1.807, 2.05) is 54.6 Å². The Kier molecular flexibility index (Phi) is 8.00. The van der Waals surface area contributed by atoms with E-state index in [9.17, 15) is 14.7 Å². The smallest absolute Gasteiger partial charge is 0.295 e. The van der Waals surface area contributed by atoms with E-state index in [1.165, 1.54) is 4.90 Å². The summed E-state index contributed by atoms with van der Waals surface area (Å²) in [7, 11) is 1.59. The van der Waals surface area contributed by atoms with Crippen LogP contribution in [0.4, 0.5) is 0 Å². The Balaban J connectivity index is 1.66. The molecule has 3 aromatic carbocycles. The Morgan fingerprint density at radius 3 is 2.31 bits per heavy atom. The second-order valence-electron chi connectivity index (χ2n) is 8.19. The van der Waals surface area contributed by atoms with Crippen LogP contribution in [0.1, 0.15) is 29.2 Å². The lowest BCUT2D eigenvalue weighted by atomic mass is 9.95. The number of ether oxygens (including phenoxy) is 2. The van der Waals surface area contributed by atoms with Crippen LogP contribution in [0.15, 0.2) is 88.9 Å². The van der Waals surface area contributed by atoms with Crippen LogP contribution in [0.3, 0.4) is 0 Å². The number of likely N-dealkylation sites (tertiary alicyclic amines) is 1. The van der Waals surface area contributed by atoms with E-state index in [-0.39, 0.29) is 11.3 Å². The fourth-order valence-electron chi connectivity index (χ4n) is 4.09. The summed E-state index contributed by atoms with van der Waals surface area (Å²) < 4.78 is 11.9. The average Bonchev–Trinajstić information content (AvgIpc) is 3.13. The van der Waals surface area contributed by atoms with Crippen LogP contribution < -0.4 is 4.74 Å². The van der Waals surface area contributed by atoms with Gasteiger partial charge in [-0.1, -0.05) is 70.5 Å². The molecule has 4 rings (SSSR count). The Morgan fingerprint density at radius 1 is 0.971 bits per heavy atom. The molecular formula is C28H26BrNO5. The zero-order chi connectivity index (χ0) is 24.8. The molecule has 0 bridgehead atoms. The average molecular weight is 536 g/mol. The van der Waals surface area contributed by atoms with E-state index in [4.69, 9.17) is 9.47 Å². The predicted octanol–water partition coefficient (Wildman–Crippen LogP) is 5.49. The van der Waals surface area contributed by atoms with Crippen LogP contribution in [0.5, 0.6) is 5.75 Å². The molecule has 1 fully saturated rings. The summed E-state index contributed by atoms with van der Waals surface area (Å²) in [5, 5.41) is 11.1. The highest BCUT2D eigenvalue weighted by atomic mass is 79.9. The van der Waals surface area contributed by atoms with Gasteiger partial charge >= 0.3 is 0 Å². The van der Waals surface area contributed by atoms with Gasteiger partial charge in [-0.2, -0.15) is 0 Å². The molecule has 1 N–H and O–H groups in total. The van der Waals surface area contributed by atoms with Crippen LogP contribution in [-0.2, 0) is 20.9 Å². The number of halogens is 1. The molecule has 0 aliphatic carbocycles. The van der Waals surface area contributed by atoms with E-state index in [2.05, 4.69) is 15.9 Å². The maximum absolute atomic E-state index is 13.1. The van der Waals surface area contributed by atoms with Crippen LogP contribution in [0.25, 0.3) is 5.76 Å². The third-order valence-corrected chi connectivity index (χ3v) is 6.38. The number of carbonyl (C=O) groups excluding carboxylic acids is 2. The molecule has 0 spiro atoms. The molecule has 7 heteroatoms. The summed E-state index contributed by atoms with van der Waals surface area (Å²) in [6.07, 6.45) is 0.566. The number of Topliss-reactive ketones (excluding diaryl/α,β-unsaturated/α-hetero) is 1. The first-order chi connectivity index (χ1) is 17.0. The van der Waals surface area contributed by atoms with Gasteiger partial charge in [-0.25, -0.2) is 0 Å². The molecule has 180 valence electrons. The number of ketones is 1. The molecule has 0 aromatic heterocycles. The molecule has 1 aliphatic heterocycles. The van der Waals surface area contributed by atoms with Crippen molar-refractivity contribution >= 4 is 33.4 Å². The number of benzene rings is 3. The number of carbonyl (C=O) groups is 2. The molecule has 35 heavy (non-hydrogen) atoms. The number of aliphatic hydroxyl groups is 1. The Bertz CT molecular complexity index is 1210. The third-order valence-electron chi connectivity index (χ3n) is 5.85. The predicted molar refractivity (Wildman–Crippen MR) is 137 cm³/mol.